The Balaban J connectivity index is 1.79. The molecular formula is C13H21N3O2S. The third kappa shape index (κ3) is 3.91. The number of carbonyl (C=O) groups excluding carboxylic acids is 1. The van der Waals surface area contributed by atoms with E-state index in [1.807, 2.05) is 24.4 Å². The van der Waals surface area contributed by atoms with Crippen molar-refractivity contribution >= 4 is 22.4 Å². The van der Waals surface area contributed by atoms with Gasteiger partial charge in [0.1, 0.15) is 0 Å². The molecule has 0 aliphatic heterocycles. The van der Waals surface area contributed by atoms with Crippen LogP contribution >= 0.6 is 11.3 Å². The lowest BCUT2D eigenvalue weighted by atomic mass is 9.98. The number of thiazole rings is 1. The third-order valence-corrected chi connectivity index (χ3v) is 4.47. The summed E-state index contributed by atoms with van der Waals surface area (Å²) in [5, 5.41) is 15.9. The molecule has 1 fully saturated rings. The molecule has 0 unspecified atom stereocenters. The fourth-order valence-electron chi connectivity index (χ4n) is 2.34. The van der Waals surface area contributed by atoms with Crippen LogP contribution in [0.5, 0.6) is 0 Å². The van der Waals surface area contributed by atoms with Crippen LogP contribution in [0, 0.1) is 0 Å². The van der Waals surface area contributed by atoms with Crippen LogP contribution in [0.1, 0.15) is 37.8 Å². The van der Waals surface area contributed by atoms with Gasteiger partial charge in [0.2, 0.25) is 5.91 Å². The van der Waals surface area contributed by atoms with E-state index in [1.165, 1.54) is 0 Å². The number of rotatable bonds is 5. The van der Waals surface area contributed by atoms with Crippen molar-refractivity contribution in [3.05, 3.63) is 11.1 Å². The second-order valence-corrected chi connectivity index (χ2v) is 6.24. The summed E-state index contributed by atoms with van der Waals surface area (Å²) in [6.45, 7) is 0.430. The zero-order valence-electron chi connectivity index (χ0n) is 11.5. The first-order valence-corrected chi connectivity index (χ1v) is 7.47. The van der Waals surface area contributed by atoms with Gasteiger partial charge in [-0.1, -0.05) is 12.8 Å². The highest BCUT2D eigenvalue weighted by Crippen LogP contribution is 2.32. The Morgan fingerprint density at radius 1 is 1.53 bits per heavy atom. The van der Waals surface area contributed by atoms with Gasteiger partial charge in [-0.15, -0.1) is 11.3 Å². The summed E-state index contributed by atoms with van der Waals surface area (Å²) in [5.41, 5.74) is 0.0847. The summed E-state index contributed by atoms with van der Waals surface area (Å²) < 4.78 is 0. The van der Waals surface area contributed by atoms with Crippen molar-refractivity contribution in [3.63, 3.8) is 0 Å². The highest BCUT2D eigenvalue weighted by molar-refractivity contribution is 7.13. The normalized spacial score (nSPS) is 17.4. The van der Waals surface area contributed by atoms with E-state index in [0.29, 0.717) is 6.54 Å². The predicted molar refractivity (Wildman–Crippen MR) is 76.3 cm³/mol. The molecule has 2 rings (SSSR count). The Morgan fingerprint density at radius 3 is 2.79 bits per heavy atom. The summed E-state index contributed by atoms with van der Waals surface area (Å²) in [6.07, 6.45) is 3.71. The Hall–Kier alpha value is -1.14. The van der Waals surface area contributed by atoms with Crippen molar-refractivity contribution in [2.75, 3.05) is 19.0 Å². The molecule has 1 heterocycles. The molecule has 0 spiro atoms. The summed E-state index contributed by atoms with van der Waals surface area (Å²) >= 11 is 1.56. The number of nitrogens with one attached hydrogen (secondary N) is 1. The maximum Gasteiger partial charge on any atom is 0.223 e. The van der Waals surface area contributed by atoms with Gasteiger partial charge in [-0.2, -0.15) is 0 Å². The number of hydrogen-bond acceptors (Lipinski definition) is 5. The van der Waals surface area contributed by atoms with Gasteiger partial charge < -0.3 is 15.3 Å². The van der Waals surface area contributed by atoms with Gasteiger partial charge in [-0.05, 0) is 12.8 Å². The third-order valence-electron chi connectivity index (χ3n) is 3.41. The number of aliphatic hydroxyl groups is 1. The molecule has 1 amide bonds. The minimum Gasteiger partial charge on any atom is -0.389 e. The van der Waals surface area contributed by atoms with Gasteiger partial charge in [0.15, 0.2) is 5.13 Å². The van der Waals surface area contributed by atoms with Gasteiger partial charge in [-0.25, -0.2) is 4.98 Å². The van der Waals surface area contributed by atoms with Crippen molar-refractivity contribution in [1.29, 1.82) is 0 Å². The fraction of sp³-hybridized carbons (Fsp3) is 0.692. The van der Waals surface area contributed by atoms with E-state index in [0.717, 1.165) is 36.5 Å². The average molecular weight is 283 g/mol. The molecule has 1 aromatic rings. The number of anilines is 1. The molecule has 6 heteroatoms. The first kappa shape index (κ1) is 14.3. The van der Waals surface area contributed by atoms with Gasteiger partial charge >= 0.3 is 0 Å². The molecular weight excluding hydrogens is 262 g/mol. The molecule has 19 heavy (non-hydrogen) atoms. The van der Waals surface area contributed by atoms with E-state index in [4.69, 9.17) is 0 Å². The smallest absolute Gasteiger partial charge is 0.223 e. The van der Waals surface area contributed by atoms with Crippen molar-refractivity contribution < 1.29 is 9.90 Å². The zero-order chi connectivity index (χ0) is 13.9. The maximum atomic E-state index is 11.8. The summed E-state index contributed by atoms with van der Waals surface area (Å²) in [5.74, 6) is -0.0937. The number of nitrogens with zero attached hydrogens (tertiary/aromatic N) is 2. The Labute approximate surface area is 117 Å². The van der Waals surface area contributed by atoms with Gasteiger partial charge in [0.05, 0.1) is 24.3 Å². The molecule has 1 aromatic heterocycles. The highest BCUT2D eigenvalue weighted by atomic mass is 32.1. The van der Waals surface area contributed by atoms with E-state index >= 15 is 0 Å². The lowest BCUT2D eigenvalue weighted by Gasteiger charge is -2.20. The molecule has 1 saturated carbocycles. The van der Waals surface area contributed by atoms with E-state index in [2.05, 4.69) is 10.3 Å². The van der Waals surface area contributed by atoms with Crippen LogP contribution in [-0.2, 0) is 11.3 Å². The molecule has 0 atom stereocenters. The Bertz CT molecular complexity index is 439. The molecule has 106 valence electrons. The molecule has 0 saturated heterocycles. The van der Waals surface area contributed by atoms with E-state index in [9.17, 15) is 9.90 Å². The predicted octanol–water partition coefficient (Wildman–Crippen LogP) is 1.52. The second kappa shape index (κ2) is 5.88. The monoisotopic (exact) mass is 283 g/mol. The topological polar surface area (TPSA) is 65.5 Å². The molecule has 2 N–H and O–H groups in total. The standard InChI is InChI=1S/C13H21N3O2S/c1-16(2)12-15-10(9-19-12)8-14-11(17)7-13(18)5-3-4-6-13/h9,18H,3-8H2,1-2H3,(H,14,17). The minimum atomic E-state index is -0.777. The first-order chi connectivity index (χ1) is 8.98. The average Bonchev–Trinajstić information content (AvgIpc) is 2.95. The second-order valence-electron chi connectivity index (χ2n) is 5.40. The van der Waals surface area contributed by atoms with Gasteiger partial charge in [0, 0.05) is 19.5 Å². The highest BCUT2D eigenvalue weighted by Gasteiger charge is 2.33. The van der Waals surface area contributed by atoms with Crippen LogP contribution in [0.25, 0.3) is 0 Å². The Kier molecular flexibility index (Phi) is 4.42. The van der Waals surface area contributed by atoms with E-state index < -0.39 is 5.60 Å². The SMILES string of the molecule is CN(C)c1nc(CNC(=O)CC2(O)CCCC2)cs1. The number of amides is 1. The van der Waals surface area contributed by atoms with E-state index in [1.54, 1.807) is 11.3 Å². The molecule has 1 aliphatic carbocycles. The van der Waals surface area contributed by atoms with Crippen LogP contribution in [0.15, 0.2) is 5.38 Å². The minimum absolute atomic E-state index is 0.0937. The summed E-state index contributed by atoms with van der Waals surface area (Å²) in [4.78, 5) is 18.2. The van der Waals surface area contributed by atoms with Gasteiger partial charge in [0.25, 0.3) is 0 Å². The maximum absolute atomic E-state index is 11.8. The molecule has 1 aliphatic rings. The first-order valence-electron chi connectivity index (χ1n) is 6.59. The quantitative estimate of drug-likeness (QED) is 0.860. The number of hydrogen-bond donors (Lipinski definition) is 2. The Morgan fingerprint density at radius 2 is 2.21 bits per heavy atom. The lowest BCUT2D eigenvalue weighted by molar-refractivity contribution is -0.126. The molecule has 0 aromatic carbocycles. The molecule has 0 bridgehead atoms. The molecule has 5 nitrogen and oxygen atoms in total. The van der Waals surface area contributed by atoms with Crippen molar-refractivity contribution in [2.24, 2.45) is 0 Å². The van der Waals surface area contributed by atoms with Crippen molar-refractivity contribution in [2.45, 2.75) is 44.2 Å². The van der Waals surface area contributed by atoms with Gasteiger partial charge in [-0.3, -0.25) is 4.79 Å². The van der Waals surface area contributed by atoms with Crippen LogP contribution < -0.4 is 10.2 Å². The van der Waals surface area contributed by atoms with Crippen molar-refractivity contribution in [1.82, 2.24) is 10.3 Å². The van der Waals surface area contributed by atoms with Crippen LogP contribution in [0.3, 0.4) is 0 Å². The van der Waals surface area contributed by atoms with Crippen LogP contribution in [0.2, 0.25) is 0 Å². The fourth-order valence-corrected chi connectivity index (χ4v) is 3.10. The zero-order valence-corrected chi connectivity index (χ0v) is 12.3. The van der Waals surface area contributed by atoms with Crippen LogP contribution in [0.4, 0.5) is 5.13 Å². The number of carbonyl (C=O) groups is 1. The summed E-state index contributed by atoms with van der Waals surface area (Å²) in [6, 6.07) is 0. The van der Waals surface area contributed by atoms with E-state index in [-0.39, 0.29) is 12.3 Å². The summed E-state index contributed by atoms with van der Waals surface area (Å²) in [7, 11) is 3.88. The molecule has 0 radical (unpaired) electrons. The lowest BCUT2D eigenvalue weighted by Crippen LogP contribution is -2.34. The number of aromatic nitrogens is 1. The van der Waals surface area contributed by atoms with Crippen molar-refractivity contribution in [3.8, 4) is 0 Å². The largest absolute Gasteiger partial charge is 0.389 e. The van der Waals surface area contributed by atoms with Crippen LogP contribution in [-0.4, -0.2) is 35.7 Å².